The van der Waals surface area contributed by atoms with E-state index in [1.807, 2.05) is 29.2 Å². The first-order valence-electron chi connectivity index (χ1n) is 8.99. The number of likely N-dealkylation sites (tertiary alicyclic amines) is 2. The van der Waals surface area contributed by atoms with Gasteiger partial charge in [-0.3, -0.25) is 9.69 Å². The molecule has 2 heterocycles. The van der Waals surface area contributed by atoms with Crippen LogP contribution in [-0.4, -0.2) is 71.8 Å². The van der Waals surface area contributed by atoms with Gasteiger partial charge in [0.15, 0.2) is 0 Å². The van der Waals surface area contributed by atoms with Gasteiger partial charge < -0.3 is 14.7 Å². The van der Waals surface area contributed by atoms with Gasteiger partial charge in [-0.25, -0.2) is 4.79 Å². The maximum absolute atomic E-state index is 12.2. The van der Waals surface area contributed by atoms with Gasteiger partial charge in [-0.1, -0.05) is 12.1 Å². The van der Waals surface area contributed by atoms with Crippen molar-refractivity contribution in [2.75, 3.05) is 26.8 Å². The molecule has 1 N–H and O–H groups in total. The van der Waals surface area contributed by atoms with Crippen molar-refractivity contribution < 1.29 is 32.6 Å². The van der Waals surface area contributed by atoms with Crippen LogP contribution in [0.4, 0.5) is 13.2 Å². The van der Waals surface area contributed by atoms with Crippen LogP contribution in [0.2, 0.25) is 0 Å². The smallest absolute Gasteiger partial charge is 0.475 e. The van der Waals surface area contributed by atoms with Crippen LogP contribution in [0.25, 0.3) is 0 Å². The molecule has 3 rings (SSSR count). The van der Waals surface area contributed by atoms with E-state index >= 15 is 0 Å². The monoisotopic (exact) mass is 413 g/mol. The Morgan fingerprint density at radius 3 is 2.66 bits per heavy atom. The summed E-state index contributed by atoms with van der Waals surface area (Å²) in [6, 6.07) is 10.5. The second kappa shape index (κ2) is 9.71. The fourth-order valence-corrected chi connectivity index (χ4v) is 3.66. The average Bonchev–Trinajstić information content (AvgIpc) is 3.18. The number of halogens is 3. The standard InChI is InChI=1S/C17H21N3O2.C2HF3O2/c1-22-8-7-20-15-5-6-19(16(15)10-17(20)21)12-14-4-2-3-13(9-14)11-18;3-2(4,5)1(6)7/h2-4,9,15-16H,5-8,10,12H2,1H3;(H,6,7)/t15-,16+;/m1./s1. The number of carbonyl (C=O) groups is 2. The SMILES string of the molecule is COCCN1C(=O)C[C@H]2[C@H]1CCN2Cc1cccc(C#N)c1.O=C(O)C(F)(F)F. The number of alkyl halides is 3. The number of hydrogen-bond acceptors (Lipinski definition) is 5. The highest BCUT2D eigenvalue weighted by Gasteiger charge is 2.46. The second-order valence-electron chi connectivity index (χ2n) is 6.79. The highest BCUT2D eigenvalue weighted by atomic mass is 19.4. The Morgan fingerprint density at radius 2 is 2.07 bits per heavy atom. The van der Waals surface area contributed by atoms with Crippen LogP contribution in [-0.2, 0) is 20.9 Å². The van der Waals surface area contributed by atoms with E-state index in [0.29, 0.717) is 37.2 Å². The summed E-state index contributed by atoms with van der Waals surface area (Å²) in [5, 5.41) is 16.1. The molecule has 0 radical (unpaired) electrons. The zero-order chi connectivity index (χ0) is 21.6. The molecule has 0 spiro atoms. The minimum atomic E-state index is -5.08. The van der Waals surface area contributed by atoms with E-state index in [4.69, 9.17) is 19.9 Å². The Labute approximate surface area is 166 Å². The van der Waals surface area contributed by atoms with Gasteiger partial charge in [-0.05, 0) is 24.1 Å². The van der Waals surface area contributed by atoms with Crippen LogP contribution < -0.4 is 0 Å². The lowest BCUT2D eigenvalue weighted by atomic mass is 10.1. The molecule has 0 aliphatic carbocycles. The second-order valence-corrected chi connectivity index (χ2v) is 6.79. The molecule has 0 aromatic heterocycles. The van der Waals surface area contributed by atoms with Crippen LogP contribution in [0.5, 0.6) is 0 Å². The van der Waals surface area contributed by atoms with E-state index in [-0.39, 0.29) is 5.91 Å². The fraction of sp³-hybridized carbons (Fsp3) is 0.526. The van der Waals surface area contributed by atoms with Crippen LogP contribution in [0.3, 0.4) is 0 Å². The van der Waals surface area contributed by atoms with Gasteiger partial charge in [0, 0.05) is 45.2 Å². The third kappa shape index (κ3) is 5.92. The molecule has 1 aromatic carbocycles. The Morgan fingerprint density at radius 1 is 1.38 bits per heavy atom. The number of fused-ring (bicyclic) bond motifs is 1. The molecule has 2 fully saturated rings. The number of nitriles is 1. The molecule has 2 saturated heterocycles. The number of benzene rings is 1. The summed E-state index contributed by atoms with van der Waals surface area (Å²) in [7, 11) is 1.67. The van der Waals surface area contributed by atoms with Gasteiger partial charge in [0.1, 0.15) is 0 Å². The highest BCUT2D eigenvalue weighted by Crippen LogP contribution is 2.33. The first-order chi connectivity index (χ1) is 13.7. The number of carbonyl (C=O) groups excluding carboxylic acids is 1. The molecule has 0 bridgehead atoms. The molecule has 10 heteroatoms. The van der Waals surface area contributed by atoms with E-state index in [1.165, 1.54) is 0 Å². The van der Waals surface area contributed by atoms with E-state index in [0.717, 1.165) is 25.1 Å². The lowest BCUT2D eigenvalue weighted by Gasteiger charge is -2.25. The molecule has 0 unspecified atom stereocenters. The van der Waals surface area contributed by atoms with Crippen LogP contribution in [0.1, 0.15) is 24.0 Å². The summed E-state index contributed by atoms with van der Waals surface area (Å²) in [6.07, 6.45) is -3.45. The third-order valence-corrected chi connectivity index (χ3v) is 4.95. The molecule has 7 nitrogen and oxygen atoms in total. The van der Waals surface area contributed by atoms with Crippen molar-refractivity contribution in [1.29, 1.82) is 5.26 Å². The summed E-state index contributed by atoms with van der Waals surface area (Å²) < 4.78 is 36.8. The predicted molar refractivity (Wildman–Crippen MR) is 95.7 cm³/mol. The van der Waals surface area contributed by atoms with Crippen molar-refractivity contribution in [3.05, 3.63) is 35.4 Å². The Hall–Kier alpha value is -2.64. The Kier molecular flexibility index (Phi) is 7.59. The van der Waals surface area contributed by atoms with Crippen molar-refractivity contribution in [1.82, 2.24) is 9.80 Å². The molecule has 2 aliphatic heterocycles. The Balaban J connectivity index is 0.000000370. The summed E-state index contributed by atoms with van der Waals surface area (Å²) in [5.74, 6) is -2.52. The van der Waals surface area contributed by atoms with Crippen molar-refractivity contribution >= 4 is 11.9 Å². The molecule has 1 amide bonds. The number of hydrogen-bond donors (Lipinski definition) is 1. The number of carboxylic acids is 1. The first kappa shape index (κ1) is 22.6. The molecular formula is C19H22F3N3O4. The van der Waals surface area contributed by atoms with Crippen LogP contribution in [0.15, 0.2) is 24.3 Å². The molecule has 1 aromatic rings. The summed E-state index contributed by atoms with van der Waals surface area (Å²) in [4.78, 5) is 25.5. The largest absolute Gasteiger partial charge is 0.490 e. The molecule has 29 heavy (non-hydrogen) atoms. The molecule has 158 valence electrons. The maximum Gasteiger partial charge on any atom is 0.490 e. The van der Waals surface area contributed by atoms with Crippen molar-refractivity contribution in [3.63, 3.8) is 0 Å². The molecular weight excluding hydrogens is 391 g/mol. The molecule has 2 atom stereocenters. The van der Waals surface area contributed by atoms with Gasteiger partial charge in [0.2, 0.25) is 5.91 Å². The zero-order valence-corrected chi connectivity index (χ0v) is 15.9. The maximum atomic E-state index is 12.2. The normalized spacial score (nSPS) is 21.3. The predicted octanol–water partition coefficient (Wildman–Crippen LogP) is 2.01. The summed E-state index contributed by atoms with van der Waals surface area (Å²) in [6.45, 7) is 3.10. The van der Waals surface area contributed by atoms with E-state index in [9.17, 15) is 18.0 Å². The topological polar surface area (TPSA) is 93.9 Å². The van der Waals surface area contributed by atoms with Gasteiger partial charge in [-0.15, -0.1) is 0 Å². The van der Waals surface area contributed by atoms with Crippen molar-refractivity contribution in [3.8, 4) is 6.07 Å². The molecule has 0 saturated carbocycles. The lowest BCUT2D eigenvalue weighted by Crippen LogP contribution is -2.38. The average molecular weight is 413 g/mol. The van der Waals surface area contributed by atoms with Crippen LogP contribution in [0, 0.1) is 11.3 Å². The summed E-state index contributed by atoms with van der Waals surface area (Å²) in [5.41, 5.74) is 1.83. The summed E-state index contributed by atoms with van der Waals surface area (Å²) >= 11 is 0. The number of rotatable bonds is 5. The zero-order valence-electron chi connectivity index (χ0n) is 15.9. The van der Waals surface area contributed by atoms with Crippen molar-refractivity contribution in [2.45, 2.75) is 37.6 Å². The van der Waals surface area contributed by atoms with Gasteiger partial charge >= 0.3 is 12.1 Å². The highest BCUT2D eigenvalue weighted by molar-refractivity contribution is 5.80. The number of nitrogens with zero attached hydrogens (tertiary/aromatic N) is 3. The first-order valence-corrected chi connectivity index (χ1v) is 8.99. The number of amides is 1. The van der Waals surface area contributed by atoms with Gasteiger partial charge in [0.25, 0.3) is 0 Å². The quantitative estimate of drug-likeness (QED) is 0.794. The van der Waals surface area contributed by atoms with E-state index in [2.05, 4.69) is 11.0 Å². The van der Waals surface area contributed by atoms with Crippen LogP contribution >= 0.6 is 0 Å². The minimum absolute atomic E-state index is 0.238. The number of aliphatic carboxylic acids is 1. The van der Waals surface area contributed by atoms with E-state index < -0.39 is 12.1 Å². The molecule has 2 aliphatic rings. The number of ether oxygens (including phenoxy) is 1. The van der Waals surface area contributed by atoms with Crippen molar-refractivity contribution in [2.24, 2.45) is 0 Å². The third-order valence-electron chi connectivity index (χ3n) is 4.95. The fourth-order valence-electron chi connectivity index (χ4n) is 3.66. The number of methoxy groups -OCH3 is 1. The minimum Gasteiger partial charge on any atom is -0.475 e. The lowest BCUT2D eigenvalue weighted by molar-refractivity contribution is -0.192. The van der Waals surface area contributed by atoms with E-state index in [1.54, 1.807) is 7.11 Å². The van der Waals surface area contributed by atoms with Gasteiger partial charge in [0.05, 0.1) is 18.2 Å². The Bertz CT molecular complexity index is 779. The number of carboxylic acid groups (broad SMARTS) is 1. The van der Waals surface area contributed by atoms with Gasteiger partial charge in [-0.2, -0.15) is 18.4 Å².